The van der Waals surface area contributed by atoms with Crippen LogP contribution in [0.15, 0.2) is 70.3 Å². The number of nitrogens with zero attached hydrogens (tertiary/aromatic N) is 2. The van der Waals surface area contributed by atoms with E-state index in [2.05, 4.69) is 30.6 Å². The highest BCUT2D eigenvalue weighted by Gasteiger charge is 2.15. The van der Waals surface area contributed by atoms with Gasteiger partial charge in [-0.3, -0.25) is 4.72 Å². The summed E-state index contributed by atoms with van der Waals surface area (Å²) in [6.45, 7) is 0. The van der Waals surface area contributed by atoms with Gasteiger partial charge >= 0.3 is 0 Å². The van der Waals surface area contributed by atoms with Crippen LogP contribution in [0.3, 0.4) is 0 Å². The van der Waals surface area contributed by atoms with Crippen molar-refractivity contribution in [1.29, 1.82) is 0 Å². The first-order valence-electron chi connectivity index (χ1n) is 6.84. The van der Waals surface area contributed by atoms with Crippen LogP contribution in [0.25, 0.3) is 11.4 Å². The van der Waals surface area contributed by atoms with Gasteiger partial charge < -0.3 is 5.11 Å². The summed E-state index contributed by atoms with van der Waals surface area (Å²) in [4.78, 5) is 8.39. The Kier molecular flexibility index (Phi) is 4.50. The number of sulfonamides is 1. The monoisotopic (exact) mass is 405 g/mol. The van der Waals surface area contributed by atoms with E-state index in [4.69, 9.17) is 0 Å². The number of anilines is 1. The first-order valence-corrected chi connectivity index (χ1v) is 9.11. The van der Waals surface area contributed by atoms with Crippen molar-refractivity contribution < 1.29 is 13.5 Å². The fraction of sp³-hybridized carbons (Fsp3) is 0. The molecule has 0 aliphatic rings. The zero-order valence-electron chi connectivity index (χ0n) is 12.2. The second-order valence-corrected chi connectivity index (χ2v) is 7.51. The molecule has 1 heterocycles. The van der Waals surface area contributed by atoms with Gasteiger partial charge in [0.05, 0.1) is 23.0 Å². The van der Waals surface area contributed by atoms with E-state index >= 15 is 0 Å². The molecule has 0 unspecified atom stereocenters. The van der Waals surface area contributed by atoms with Crippen molar-refractivity contribution in [2.75, 3.05) is 4.72 Å². The number of halogens is 1. The Bertz CT molecular complexity index is 976. The lowest BCUT2D eigenvalue weighted by Gasteiger charge is -2.08. The van der Waals surface area contributed by atoms with Crippen molar-refractivity contribution in [2.45, 2.75) is 4.90 Å². The number of aromatic nitrogens is 2. The maximum absolute atomic E-state index is 12.3. The van der Waals surface area contributed by atoms with Gasteiger partial charge in [-0.15, -0.1) is 0 Å². The Hall–Kier alpha value is -2.45. The van der Waals surface area contributed by atoms with Gasteiger partial charge in [0.1, 0.15) is 5.75 Å². The summed E-state index contributed by atoms with van der Waals surface area (Å²) in [7, 11) is -3.72. The minimum Gasteiger partial charge on any atom is -0.508 e. The lowest BCUT2D eigenvalue weighted by Crippen LogP contribution is -2.13. The van der Waals surface area contributed by atoms with E-state index in [1.165, 1.54) is 30.6 Å². The summed E-state index contributed by atoms with van der Waals surface area (Å²) in [6.07, 6.45) is 2.75. The largest absolute Gasteiger partial charge is 0.508 e. The fourth-order valence-corrected chi connectivity index (χ4v) is 3.65. The fourth-order valence-electron chi connectivity index (χ4n) is 2.02. The van der Waals surface area contributed by atoms with E-state index in [1.54, 1.807) is 30.3 Å². The quantitative estimate of drug-likeness (QED) is 0.693. The Labute approximate surface area is 147 Å². The lowest BCUT2D eigenvalue weighted by molar-refractivity contribution is 0.475. The van der Waals surface area contributed by atoms with Gasteiger partial charge in [-0.25, -0.2) is 18.4 Å². The Morgan fingerprint density at radius 2 is 1.71 bits per heavy atom. The predicted molar refractivity (Wildman–Crippen MR) is 94.1 cm³/mol. The summed E-state index contributed by atoms with van der Waals surface area (Å²) in [5.74, 6) is 0.492. The zero-order chi connectivity index (χ0) is 17.2. The third-order valence-electron chi connectivity index (χ3n) is 3.11. The lowest BCUT2D eigenvalue weighted by atomic mass is 10.2. The number of aromatic hydroxyl groups is 1. The van der Waals surface area contributed by atoms with Crippen molar-refractivity contribution in [1.82, 2.24) is 9.97 Å². The highest BCUT2D eigenvalue weighted by Crippen LogP contribution is 2.22. The molecular formula is C16H12BrN3O3S. The average molecular weight is 406 g/mol. The number of hydrogen-bond acceptors (Lipinski definition) is 5. The molecule has 0 saturated carbocycles. The van der Waals surface area contributed by atoms with Crippen LogP contribution in [0.4, 0.5) is 5.69 Å². The van der Waals surface area contributed by atoms with Crippen LogP contribution in [-0.2, 0) is 10.0 Å². The van der Waals surface area contributed by atoms with E-state index in [-0.39, 0.29) is 16.3 Å². The third-order valence-corrected chi connectivity index (χ3v) is 4.99. The van der Waals surface area contributed by atoms with Crippen LogP contribution in [0.2, 0.25) is 0 Å². The van der Waals surface area contributed by atoms with E-state index in [9.17, 15) is 13.5 Å². The Morgan fingerprint density at radius 1 is 1.00 bits per heavy atom. The molecule has 0 aliphatic carbocycles. The van der Waals surface area contributed by atoms with Crippen molar-refractivity contribution in [2.24, 2.45) is 0 Å². The maximum atomic E-state index is 12.3. The summed E-state index contributed by atoms with van der Waals surface area (Å²) < 4.78 is 27.8. The first-order chi connectivity index (χ1) is 11.4. The summed E-state index contributed by atoms with van der Waals surface area (Å²) in [5, 5.41) is 9.48. The smallest absolute Gasteiger partial charge is 0.262 e. The number of rotatable bonds is 4. The normalized spacial score (nSPS) is 11.2. The van der Waals surface area contributed by atoms with E-state index in [0.29, 0.717) is 15.9 Å². The second-order valence-electron chi connectivity index (χ2n) is 4.91. The van der Waals surface area contributed by atoms with Crippen LogP contribution in [0.1, 0.15) is 0 Å². The van der Waals surface area contributed by atoms with Gasteiger partial charge in [-0.05, 0) is 30.3 Å². The molecule has 24 heavy (non-hydrogen) atoms. The second kappa shape index (κ2) is 6.58. The van der Waals surface area contributed by atoms with E-state index in [1.807, 2.05) is 0 Å². The van der Waals surface area contributed by atoms with Gasteiger partial charge in [0, 0.05) is 10.0 Å². The minimum atomic E-state index is -3.72. The maximum Gasteiger partial charge on any atom is 0.262 e. The number of hydrogen-bond donors (Lipinski definition) is 2. The molecule has 0 atom stereocenters. The average Bonchev–Trinajstić information content (AvgIpc) is 2.55. The van der Waals surface area contributed by atoms with Gasteiger partial charge in [-0.1, -0.05) is 34.1 Å². The molecular weight excluding hydrogens is 394 g/mol. The highest BCUT2D eigenvalue weighted by atomic mass is 79.9. The summed E-state index contributed by atoms with van der Waals surface area (Å²) >= 11 is 3.24. The molecule has 0 fully saturated rings. The number of phenolic OH excluding ortho intramolecular Hbond substituents is 1. The molecule has 6 nitrogen and oxygen atoms in total. The van der Waals surface area contributed by atoms with Crippen LogP contribution in [0.5, 0.6) is 5.75 Å². The molecule has 0 amide bonds. The molecule has 0 aliphatic heterocycles. The predicted octanol–water partition coefficient (Wildman–Crippen LogP) is 3.41. The summed E-state index contributed by atoms with van der Waals surface area (Å²) in [5.41, 5.74) is 0.885. The molecule has 8 heteroatoms. The molecule has 2 N–H and O–H groups in total. The van der Waals surface area contributed by atoms with Crippen molar-refractivity contribution >= 4 is 31.6 Å². The first kappa shape index (κ1) is 16.4. The Balaban J connectivity index is 1.84. The molecule has 1 aromatic heterocycles. The molecule has 2 aromatic carbocycles. The molecule has 3 rings (SSSR count). The number of benzene rings is 2. The minimum absolute atomic E-state index is 0.107. The van der Waals surface area contributed by atoms with Crippen LogP contribution < -0.4 is 4.72 Å². The van der Waals surface area contributed by atoms with Crippen LogP contribution in [-0.4, -0.2) is 23.5 Å². The third kappa shape index (κ3) is 3.72. The van der Waals surface area contributed by atoms with Gasteiger partial charge in [-0.2, -0.15) is 0 Å². The molecule has 0 spiro atoms. The highest BCUT2D eigenvalue weighted by molar-refractivity contribution is 9.10. The van der Waals surface area contributed by atoms with Crippen LogP contribution in [0, 0.1) is 0 Å². The van der Waals surface area contributed by atoms with E-state index in [0.717, 1.165) is 0 Å². The van der Waals surface area contributed by atoms with E-state index < -0.39 is 10.0 Å². The summed E-state index contributed by atoms with van der Waals surface area (Å²) in [6, 6.07) is 12.9. The molecule has 3 aromatic rings. The van der Waals surface area contributed by atoms with Gasteiger partial charge in [0.2, 0.25) is 0 Å². The number of phenols is 1. The van der Waals surface area contributed by atoms with Crippen molar-refractivity contribution in [3.8, 4) is 17.1 Å². The molecule has 0 bridgehead atoms. The van der Waals surface area contributed by atoms with Gasteiger partial charge in [0.25, 0.3) is 10.0 Å². The van der Waals surface area contributed by atoms with Crippen molar-refractivity contribution in [3.05, 3.63) is 65.4 Å². The Morgan fingerprint density at radius 3 is 2.38 bits per heavy atom. The standard InChI is InChI=1S/C16H12BrN3O3S/c17-12-4-2-6-15(8-12)24(22,23)20-13-9-18-16(19-10-13)11-3-1-5-14(21)7-11/h1-10,20-21H. The van der Waals surface area contributed by atoms with Gasteiger partial charge in [0.15, 0.2) is 5.82 Å². The molecule has 122 valence electrons. The van der Waals surface area contributed by atoms with Crippen molar-refractivity contribution in [3.63, 3.8) is 0 Å². The number of nitrogens with one attached hydrogen (secondary N) is 1. The topological polar surface area (TPSA) is 92.2 Å². The molecule has 0 saturated heterocycles. The SMILES string of the molecule is O=S(=O)(Nc1cnc(-c2cccc(O)c2)nc1)c1cccc(Br)c1. The molecule has 0 radical (unpaired) electrons. The van der Waals surface area contributed by atoms with Crippen LogP contribution >= 0.6 is 15.9 Å². The zero-order valence-corrected chi connectivity index (χ0v) is 14.6.